The van der Waals surface area contributed by atoms with E-state index >= 15 is 0 Å². The summed E-state index contributed by atoms with van der Waals surface area (Å²) in [6.45, 7) is 4.20. The summed E-state index contributed by atoms with van der Waals surface area (Å²) in [5.41, 5.74) is 3.82. The minimum Gasteiger partial charge on any atom is -1.00 e. The summed E-state index contributed by atoms with van der Waals surface area (Å²) in [5, 5.41) is 4.85. The van der Waals surface area contributed by atoms with Crippen LogP contribution in [0.2, 0.25) is 0 Å². The van der Waals surface area contributed by atoms with Crippen molar-refractivity contribution in [2.75, 3.05) is 0 Å². The van der Waals surface area contributed by atoms with E-state index in [-0.39, 0.29) is 51.0 Å². The molecule has 0 aliphatic heterocycles. The van der Waals surface area contributed by atoms with E-state index in [0.29, 0.717) is 0 Å². The molecule has 0 saturated carbocycles. The van der Waals surface area contributed by atoms with Crippen LogP contribution >= 0.6 is 0 Å². The zero-order chi connectivity index (χ0) is 12.8. The van der Waals surface area contributed by atoms with Crippen molar-refractivity contribution in [1.29, 1.82) is 0 Å². The van der Waals surface area contributed by atoms with Gasteiger partial charge in [0.2, 0.25) is 0 Å². The second kappa shape index (κ2) is 7.60. The van der Waals surface area contributed by atoms with Crippen molar-refractivity contribution < 1.29 is 51.0 Å². The summed E-state index contributed by atoms with van der Waals surface area (Å²) in [7, 11) is 0. The van der Waals surface area contributed by atoms with Crippen molar-refractivity contribution in [2.24, 2.45) is 0 Å². The van der Waals surface area contributed by atoms with Gasteiger partial charge in [-0.05, 0) is 6.42 Å². The van der Waals surface area contributed by atoms with E-state index in [1.54, 1.807) is 0 Å². The second-order valence-corrected chi connectivity index (χ2v) is 5.02. The quantitative estimate of drug-likeness (QED) is 0.375. The minimum absolute atomic E-state index is 0. The Labute approximate surface area is 161 Å². The number of fused-ring (bicyclic) bond motifs is 2. The zero-order valence-electron chi connectivity index (χ0n) is 11.9. The molecule has 0 heterocycles. The molecule has 0 N–H and O–H groups in total. The third kappa shape index (κ3) is 2.95. The summed E-state index contributed by atoms with van der Waals surface area (Å²) in [6.07, 6.45) is 11.1. The van der Waals surface area contributed by atoms with Gasteiger partial charge in [-0.15, -0.1) is 33.4 Å². The van der Waals surface area contributed by atoms with Crippen LogP contribution in [-0.4, -0.2) is 0 Å². The Morgan fingerprint density at radius 1 is 0.955 bits per heavy atom. The van der Waals surface area contributed by atoms with Crippen molar-refractivity contribution in [1.82, 2.24) is 0 Å². The first-order valence-corrected chi connectivity index (χ1v) is 6.56. The number of halogens is 2. The van der Waals surface area contributed by atoms with Crippen LogP contribution in [0.5, 0.6) is 0 Å². The molecule has 0 bridgehead atoms. The summed E-state index contributed by atoms with van der Waals surface area (Å²) in [5.74, 6) is 0. The third-order valence-corrected chi connectivity index (χ3v) is 3.86. The van der Waals surface area contributed by atoms with Crippen molar-refractivity contribution in [3.63, 3.8) is 0 Å². The predicted octanol–water partition coefficient (Wildman–Crippen LogP) is -3.25. The summed E-state index contributed by atoms with van der Waals surface area (Å²) in [6, 6.07) is 12.7. The molecule has 2 aliphatic rings. The van der Waals surface area contributed by atoms with E-state index in [1.165, 1.54) is 32.4 Å². The maximum Gasteiger partial charge on any atom is 3.00 e. The molecular formula is C19H13Cl2Zr. The van der Waals surface area contributed by atoms with Crippen LogP contribution in [0.1, 0.15) is 17.5 Å². The van der Waals surface area contributed by atoms with E-state index in [9.17, 15) is 0 Å². The molecule has 2 aliphatic carbocycles. The molecule has 4 rings (SSSR count). The molecule has 0 saturated heterocycles. The van der Waals surface area contributed by atoms with E-state index < -0.39 is 0 Å². The molecule has 0 spiro atoms. The fourth-order valence-corrected chi connectivity index (χ4v) is 2.96. The fraction of sp³-hybridized carbons (Fsp3) is 0.0526. The number of allylic oxidation sites excluding steroid dienone is 4. The van der Waals surface area contributed by atoms with Crippen LogP contribution in [0.15, 0.2) is 54.6 Å². The van der Waals surface area contributed by atoms with Crippen LogP contribution in [-0.2, 0) is 26.2 Å². The van der Waals surface area contributed by atoms with Crippen LogP contribution in [0.4, 0.5) is 0 Å². The average molecular weight is 403 g/mol. The molecule has 0 aromatic heterocycles. The van der Waals surface area contributed by atoms with E-state index in [0.717, 1.165) is 11.6 Å². The van der Waals surface area contributed by atoms with Gasteiger partial charge in [0, 0.05) is 0 Å². The molecule has 2 aromatic rings. The number of hydrogen-bond donors (Lipinski definition) is 0. The van der Waals surface area contributed by atoms with Crippen molar-refractivity contribution in [2.45, 2.75) is 6.42 Å². The Bertz CT molecular complexity index is 956. The largest absolute Gasteiger partial charge is 3.00 e. The van der Waals surface area contributed by atoms with Crippen molar-refractivity contribution in [3.8, 4) is 0 Å². The minimum atomic E-state index is 0. The Balaban J connectivity index is 0.000000807. The molecule has 3 heteroatoms. The van der Waals surface area contributed by atoms with Gasteiger partial charge in [0.05, 0.1) is 0 Å². The van der Waals surface area contributed by atoms with Crippen LogP contribution < -0.4 is 35.3 Å². The second-order valence-electron chi connectivity index (χ2n) is 5.02. The molecule has 0 unspecified atom stereocenters. The number of benzene rings is 2. The van der Waals surface area contributed by atoms with Gasteiger partial charge in [-0.1, -0.05) is 71.5 Å². The predicted molar refractivity (Wildman–Crippen MR) is 79.6 cm³/mol. The summed E-state index contributed by atoms with van der Waals surface area (Å²) in [4.78, 5) is 0. The maximum absolute atomic E-state index is 4.20. The molecule has 0 amide bonds. The van der Waals surface area contributed by atoms with Crippen LogP contribution in [0, 0.1) is 10.4 Å². The number of hydrogen-bond acceptors (Lipinski definition) is 0. The van der Waals surface area contributed by atoms with Crippen LogP contribution in [0.3, 0.4) is 0 Å². The zero-order valence-corrected chi connectivity index (χ0v) is 15.8. The molecule has 2 aromatic carbocycles. The van der Waals surface area contributed by atoms with E-state index in [1.807, 2.05) is 0 Å². The maximum atomic E-state index is 4.20. The van der Waals surface area contributed by atoms with Gasteiger partial charge in [0.15, 0.2) is 0 Å². The Morgan fingerprint density at radius 3 is 2.45 bits per heavy atom. The topological polar surface area (TPSA) is 0 Å². The molecule has 0 fully saturated rings. The van der Waals surface area contributed by atoms with Gasteiger partial charge in [-0.2, -0.15) is 0 Å². The van der Waals surface area contributed by atoms with Gasteiger partial charge in [-0.25, -0.2) is 0 Å². The molecule has 107 valence electrons. The third-order valence-electron chi connectivity index (χ3n) is 3.86. The van der Waals surface area contributed by atoms with Crippen molar-refractivity contribution >= 4 is 18.2 Å². The smallest absolute Gasteiger partial charge is 1.00 e. The SMILES string of the molecule is C=c1ccc2c(c1C1=CC=CC1)[C-]=c1ccccc1=2.[Cl-].[Cl-].[Zr+3]. The van der Waals surface area contributed by atoms with Gasteiger partial charge >= 0.3 is 26.2 Å². The monoisotopic (exact) mass is 401 g/mol. The fourth-order valence-electron chi connectivity index (χ4n) is 2.96. The normalized spacial score (nSPS) is 12.8. The first-order chi connectivity index (χ1) is 9.34. The van der Waals surface area contributed by atoms with Crippen LogP contribution in [0.25, 0.3) is 18.2 Å². The van der Waals surface area contributed by atoms with Gasteiger partial charge in [0.25, 0.3) is 0 Å². The first kappa shape index (κ1) is 19.2. The standard InChI is InChI=1S/C19H13.2ClH.Zr/c1-13-10-11-17-16-9-5-4-8-15(16)12-18(17)19(13)14-6-2-3-7-14;;;/h2-6,8-11H,1,7H2;2*1H;/q-1;;;+3/p-2. The molecule has 0 atom stereocenters. The molecule has 1 radical (unpaired) electrons. The van der Waals surface area contributed by atoms with Gasteiger partial charge in [-0.3, -0.25) is 0 Å². The Kier molecular flexibility index (Phi) is 6.62. The first-order valence-electron chi connectivity index (χ1n) is 6.56. The van der Waals surface area contributed by atoms with E-state index in [2.05, 4.69) is 67.3 Å². The Hall–Kier alpha value is -0.877. The molecular weight excluding hydrogens is 390 g/mol. The van der Waals surface area contributed by atoms with E-state index in [4.69, 9.17) is 0 Å². The Morgan fingerprint density at radius 2 is 1.73 bits per heavy atom. The summed E-state index contributed by atoms with van der Waals surface area (Å²) >= 11 is 0. The van der Waals surface area contributed by atoms with Gasteiger partial charge in [0.1, 0.15) is 0 Å². The molecule has 0 nitrogen and oxygen atoms in total. The van der Waals surface area contributed by atoms with Crippen molar-refractivity contribution in [3.05, 3.63) is 86.6 Å². The summed E-state index contributed by atoms with van der Waals surface area (Å²) < 4.78 is 0. The molecule has 22 heavy (non-hydrogen) atoms. The number of rotatable bonds is 1. The van der Waals surface area contributed by atoms with Gasteiger partial charge < -0.3 is 24.8 Å². The average Bonchev–Trinajstić information content (AvgIpc) is 3.05.